The van der Waals surface area contributed by atoms with Gasteiger partial charge in [-0.2, -0.15) is 0 Å². The molecule has 1 aliphatic rings. The molecule has 0 saturated carbocycles. The number of nitrogens with one attached hydrogen (secondary N) is 1. The summed E-state index contributed by atoms with van der Waals surface area (Å²) in [4.78, 5) is 2.62. The van der Waals surface area contributed by atoms with Crippen molar-refractivity contribution in [3.05, 3.63) is 0 Å². The first-order valence-corrected chi connectivity index (χ1v) is 5.72. The van der Waals surface area contributed by atoms with Crippen LogP contribution >= 0.6 is 0 Å². The Bertz CT molecular complexity index is 136. The van der Waals surface area contributed by atoms with Gasteiger partial charge in [0.05, 0.1) is 0 Å². The van der Waals surface area contributed by atoms with E-state index in [2.05, 4.69) is 31.0 Å². The highest BCUT2D eigenvalue weighted by atomic mass is 15.2. The van der Waals surface area contributed by atoms with Gasteiger partial charge in [-0.05, 0) is 32.4 Å². The first-order chi connectivity index (χ1) is 6.27. The van der Waals surface area contributed by atoms with Gasteiger partial charge >= 0.3 is 0 Å². The van der Waals surface area contributed by atoms with E-state index in [4.69, 9.17) is 0 Å². The Morgan fingerprint density at radius 2 is 2.23 bits per heavy atom. The van der Waals surface area contributed by atoms with Gasteiger partial charge in [-0.3, -0.25) is 4.90 Å². The third-order valence-electron chi connectivity index (χ3n) is 3.21. The molecule has 0 aliphatic carbocycles. The van der Waals surface area contributed by atoms with Crippen LogP contribution in [0.25, 0.3) is 0 Å². The number of likely N-dealkylation sites (N-methyl/N-ethyl adjacent to an activating group) is 1. The highest BCUT2D eigenvalue weighted by Crippen LogP contribution is 2.20. The number of rotatable bonds is 5. The first kappa shape index (κ1) is 11.0. The quantitative estimate of drug-likeness (QED) is 0.700. The minimum absolute atomic E-state index is 0.719. The molecule has 1 fully saturated rings. The summed E-state index contributed by atoms with van der Waals surface area (Å²) in [6.07, 6.45) is 2.76. The zero-order valence-corrected chi connectivity index (χ0v) is 9.34. The molecule has 2 nitrogen and oxygen atoms in total. The maximum absolute atomic E-state index is 3.42. The summed E-state index contributed by atoms with van der Waals surface area (Å²) in [7, 11) is 0. The second-order valence-corrected chi connectivity index (χ2v) is 4.21. The van der Waals surface area contributed by atoms with E-state index < -0.39 is 0 Å². The standard InChI is InChI=1S/C11H24N2/c1-4-11-6-7-13(9-11)10(3)8-12-5-2/h10-12H,4-9H2,1-3H3. The average Bonchev–Trinajstić information content (AvgIpc) is 2.62. The Morgan fingerprint density at radius 3 is 2.77 bits per heavy atom. The molecule has 1 rings (SSSR count). The topological polar surface area (TPSA) is 15.3 Å². The van der Waals surface area contributed by atoms with Crippen molar-refractivity contribution < 1.29 is 0 Å². The fourth-order valence-electron chi connectivity index (χ4n) is 2.08. The molecule has 2 unspecified atom stereocenters. The van der Waals surface area contributed by atoms with Crippen molar-refractivity contribution in [3.8, 4) is 0 Å². The maximum atomic E-state index is 3.42. The van der Waals surface area contributed by atoms with Crippen molar-refractivity contribution in [2.45, 2.75) is 39.7 Å². The third-order valence-corrected chi connectivity index (χ3v) is 3.21. The van der Waals surface area contributed by atoms with Gasteiger partial charge in [-0.15, -0.1) is 0 Å². The second-order valence-electron chi connectivity index (χ2n) is 4.21. The molecule has 0 bridgehead atoms. The van der Waals surface area contributed by atoms with Crippen molar-refractivity contribution in [1.82, 2.24) is 10.2 Å². The smallest absolute Gasteiger partial charge is 0.0192 e. The predicted molar refractivity (Wildman–Crippen MR) is 58.0 cm³/mol. The normalized spacial score (nSPS) is 26.5. The van der Waals surface area contributed by atoms with Crippen LogP contribution in [0.15, 0.2) is 0 Å². The highest BCUT2D eigenvalue weighted by Gasteiger charge is 2.24. The molecule has 0 aromatic carbocycles. The molecule has 2 atom stereocenters. The van der Waals surface area contributed by atoms with Crippen molar-refractivity contribution >= 4 is 0 Å². The lowest BCUT2D eigenvalue weighted by molar-refractivity contribution is 0.243. The summed E-state index contributed by atoms with van der Waals surface area (Å²) >= 11 is 0. The maximum Gasteiger partial charge on any atom is 0.0192 e. The molecule has 1 N–H and O–H groups in total. The molecule has 0 spiro atoms. The van der Waals surface area contributed by atoms with Gasteiger partial charge in [-0.1, -0.05) is 20.3 Å². The van der Waals surface area contributed by atoms with Crippen molar-refractivity contribution in [2.75, 3.05) is 26.2 Å². The largest absolute Gasteiger partial charge is 0.315 e. The minimum atomic E-state index is 0.719. The molecule has 0 aromatic rings. The van der Waals surface area contributed by atoms with E-state index in [-0.39, 0.29) is 0 Å². The number of nitrogens with zero attached hydrogens (tertiary/aromatic N) is 1. The summed E-state index contributed by atoms with van der Waals surface area (Å²) in [6, 6.07) is 0.719. The molecule has 0 aromatic heterocycles. The lowest BCUT2D eigenvalue weighted by Gasteiger charge is -2.24. The molecular formula is C11H24N2. The van der Waals surface area contributed by atoms with Crippen LogP contribution in [-0.4, -0.2) is 37.1 Å². The molecule has 0 radical (unpaired) electrons. The molecule has 13 heavy (non-hydrogen) atoms. The Hall–Kier alpha value is -0.0800. The van der Waals surface area contributed by atoms with Gasteiger partial charge in [0.25, 0.3) is 0 Å². The minimum Gasteiger partial charge on any atom is -0.315 e. The average molecular weight is 184 g/mol. The van der Waals surface area contributed by atoms with E-state index in [0.717, 1.165) is 25.0 Å². The second kappa shape index (κ2) is 5.61. The first-order valence-electron chi connectivity index (χ1n) is 5.72. The van der Waals surface area contributed by atoms with Crippen LogP contribution in [0.2, 0.25) is 0 Å². The lowest BCUT2D eigenvalue weighted by Crippen LogP contribution is -2.38. The Kier molecular flexibility index (Phi) is 4.74. The van der Waals surface area contributed by atoms with Gasteiger partial charge in [0, 0.05) is 19.1 Å². The molecule has 2 heteroatoms. The van der Waals surface area contributed by atoms with E-state index in [9.17, 15) is 0 Å². The fraction of sp³-hybridized carbons (Fsp3) is 1.00. The van der Waals surface area contributed by atoms with Gasteiger partial charge < -0.3 is 5.32 Å². The summed E-state index contributed by atoms with van der Waals surface area (Å²) in [5.41, 5.74) is 0. The van der Waals surface area contributed by atoms with Gasteiger partial charge in [0.15, 0.2) is 0 Å². The van der Waals surface area contributed by atoms with Crippen molar-refractivity contribution in [2.24, 2.45) is 5.92 Å². The van der Waals surface area contributed by atoms with E-state index >= 15 is 0 Å². The Labute approximate surface area is 82.7 Å². The van der Waals surface area contributed by atoms with Crippen molar-refractivity contribution in [3.63, 3.8) is 0 Å². The molecular weight excluding hydrogens is 160 g/mol. The van der Waals surface area contributed by atoms with Gasteiger partial charge in [0.2, 0.25) is 0 Å². The Balaban J connectivity index is 2.20. The van der Waals surface area contributed by atoms with E-state index in [1.165, 1.54) is 25.9 Å². The molecule has 1 aliphatic heterocycles. The van der Waals surface area contributed by atoms with Crippen molar-refractivity contribution in [1.29, 1.82) is 0 Å². The molecule has 1 heterocycles. The number of hydrogen-bond donors (Lipinski definition) is 1. The van der Waals surface area contributed by atoms with Crippen LogP contribution in [0.5, 0.6) is 0 Å². The van der Waals surface area contributed by atoms with E-state index in [1.807, 2.05) is 0 Å². The fourth-order valence-corrected chi connectivity index (χ4v) is 2.08. The molecule has 1 saturated heterocycles. The summed E-state index contributed by atoms with van der Waals surface area (Å²) in [6.45, 7) is 11.7. The monoisotopic (exact) mass is 184 g/mol. The molecule has 0 amide bonds. The number of hydrogen-bond acceptors (Lipinski definition) is 2. The Morgan fingerprint density at radius 1 is 1.46 bits per heavy atom. The van der Waals surface area contributed by atoms with E-state index in [1.54, 1.807) is 0 Å². The summed E-state index contributed by atoms with van der Waals surface area (Å²) in [5.74, 6) is 0.962. The molecule has 78 valence electrons. The number of likely N-dealkylation sites (tertiary alicyclic amines) is 1. The van der Waals surface area contributed by atoms with Crippen LogP contribution in [-0.2, 0) is 0 Å². The SMILES string of the molecule is CCNCC(C)N1CCC(CC)C1. The van der Waals surface area contributed by atoms with Crippen LogP contribution in [0.3, 0.4) is 0 Å². The van der Waals surface area contributed by atoms with Gasteiger partial charge in [-0.25, -0.2) is 0 Å². The third kappa shape index (κ3) is 3.28. The summed E-state index contributed by atoms with van der Waals surface area (Å²) in [5, 5.41) is 3.42. The van der Waals surface area contributed by atoms with Crippen LogP contribution in [0.1, 0.15) is 33.6 Å². The zero-order chi connectivity index (χ0) is 9.68. The summed E-state index contributed by atoms with van der Waals surface area (Å²) < 4.78 is 0. The predicted octanol–water partition coefficient (Wildman–Crippen LogP) is 1.72. The van der Waals surface area contributed by atoms with Crippen LogP contribution in [0, 0.1) is 5.92 Å². The van der Waals surface area contributed by atoms with Gasteiger partial charge in [0.1, 0.15) is 0 Å². The highest BCUT2D eigenvalue weighted by molar-refractivity contribution is 4.79. The lowest BCUT2D eigenvalue weighted by atomic mass is 10.1. The van der Waals surface area contributed by atoms with E-state index in [0.29, 0.717) is 0 Å². The zero-order valence-electron chi connectivity index (χ0n) is 9.34. The van der Waals surface area contributed by atoms with Crippen LogP contribution < -0.4 is 5.32 Å². The van der Waals surface area contributed by atoms with Crippen LogP contribution in [0.4, 0.5) is 0 Å².